The van der Waals surface area contributed by atoms with Crippen molar-refractivity contribution in [2.45, 2.75) is 13.5 Å². The largest absolute Gasteiger partial charge is 0.494 e. The molecule has 33 heavy (non-hydrogen) atoms. The van der Waals surface area contributed by atoms with E-state index >= 15 is 0 Å². The number of ether oxygens (including phenoxy) is 2. The number of benzene rings is 1. The van der Waals surface area contributed by atoms with Crippen molar-refractivity contribution in [2.24, 2.45) is 0 Å². The third-order valence-electron chi connectivity index (χ3n) is 5.61. The molecule has 9 nitrogen and oxygen atoms in total. The van der Waals surface area contributed by atoms with Gasteiger partial charge in [-0.15, -0.1) is 0 Å². The van der Waals surface area contributed by atoms with Gasteiger partial charge in [0.25, 0.3) is 5.91 Å². The number of hydrogen-bond donors (Lipinski definition) is 1. The smallest absolute Gasteiger partial charge is 0.257 e. The second kappa shape index (κ2) is 9.16. The predicted molar refractivity (Wildman–Crippen MR) is 127 cm³/mol. The molecule has 1 saturated heterocycles. The quantitative estimate of drug-likeness (QED) is 0.468. The van der Waals surface area contributed by atoms with E-state index in [9.17, 15) is 4.79 Å². The number of aromatic nitrogens is 4. The summed E-state index contributed by atoms with van der Waals surface area (Å²) >= 11 is 1.45. The molecular formula is C23H24N6O3S. The van der Waals surface area contributed by atoms with Gasteiger partial charge in [-0.3, -0.25) is 15.1 Å². The zero-order valence-electron chi connectivity index (χ0n) is 18.4. The molecule has 10 heteroatoms. The van der Waals surface area contributed by atoms with Crippen LogP contribution >= 0.6 is 11.3 Å². The first-order valence-electron chi connectivity index (χ1n) is 10.7. The molecule has 170 valence electrons. The number of imidazole rings is 1. The van der Waals surface area contributed by atoms with Gasteiger partial charge < -0.3 is 18.9 Å². The molecule has 0 unspecified atom stereocenters. The van der Waals surface area contributed by atoms with E-state index in [0.717, 1.165) is 40.5 Å². The first-order chi connectivity index (χ1) is 16.1. The number of nitrogens with zero attached hydrogens (tertiary/aromatic N) is 5. The normalized spacial score (nSPS) is 13.9. The highest BCUT2D eigenvalue weighted by Gasteiger charge is 2.20. The highest BCUT2D eigenvalue weighted by atomic mass is 32.1. The maximum absolute atomic E-state index is 13.0. The Morgan fingerprint density at radius 2 is 2.06 bits per heavy atom. The molecule has 1 aromatic carbocycles. The predicted octanol–water partition coefficient (Wildman–Crippen LogP) is 3.34. The average Bonchev–Trinajstić information content (AvgIpc) is 3.45. The van der Waals surface area contributed by atoms with Crippen molar-refractivity contribution in [3.05, 3.63) is 59.9 Å². The molecule has 4 aromatic rings. The molecule has 3 aromatic heterocycles. The van der Waals surface area contributed by atoms with Crippen molar-refractivity contribution < 1.29 is 14.3 Å². The standard InChI is InChI=1S/C23H24N6O3S/c1-15-24-7-8-29(15)14-17-13-16(5-6-25-17)22(30)27-23-26-20-19(31-2)4-3-18(21(20)33-23)28-9-11-32-12-10-28/h3-8,13H,9-12,14H2,1-2H3,(H,26,27,30). The van der Waals surface area contributed by atoms with E-state index in [4.69, 9.17) is 9.47 Å². The molecule has 1 N–H and O–H groups in total. The van der Waals surface area contributed by atoms with Crippen molar-refractivity contribution in [3.63, 3.8) is 0 Å². The Labute approximate surface area is 195 Å². The van der Waals surface area contributed by atoms with E-state index in [1.54, 1.807) is 31.6 Å². The maximum atomic E-state index is 13.0. The molecule has 1 aliphatic heterocycles. The van der Waals surface area contributed by atoms with Crippen LogP contribution in [-0.2, 0) is 11.3 Å². The summed E-state index contributed by atoms with van der Waals surface area (Å²) in [5.41, 5.74) is 3.13. The van der Waals surface area contributed by atoms with Gasteiger partial charge in [-0.25, -0.2) is 9.97 Å². The third kappa shape index (κ3) is 4.39. The van der Waals surface area contributed by atoms with Crippen LogP contribution in [0.2, 0.25) is 0 Å². The number of nitrogens with one attached hydrogen (secondary N) is 1. The lowest BCUT2D eigenvalue weighted by atomic mass is 10.2. The molecule has 1 fully saturated rings. The molecule has 0 radical (unpaired) electrons. The molecule has 1 amide bonds. The SMILES string of the molecule is COc1ccc(N2CCOCC2)c2sc(NC(=O)c3ccnc(Cn4ccnc4C)c3)nc12. The summed E-state index contributed by atoms with van der Waals surface area (Å²) < 4.78 is 14.0. The topological polar surface area (TPSA) is 94.4 Å². The van der Waals surface area contributed by atoms with Gasteiger partial charge in [0, 0.05) is 37.2 Å². The lowest BCUT2D eigenvalue weighted by molar-refractivity contribution is 0.102. The number of hydrogen-bond acceptors (Lipinski definition) is 8. The monoisotopic (exact) mass is 464 g/mol. The number of anilines is 2. The van der Waals surface area contributed by atoms with Gasteiger partial charge in [0.05, 0.1) is 42.9 Å². The van der Waals surface area contributed by atoms with E-state index < -0.39 is 0 Å². The average molecular weight is 465 g/mol. The van der Waals surface area contributed by atoms with Gasteiger partial charge in [0.1, 0.15) is 17.1 Å². The van der Waals surface area contributed by atoms with Crippen LogP contribution in [0.25, 0.3) is 10.2 Å². The molecule has 4 heterocycles. The van der Waals surface area contributed by atoms with Crippen molar-refractivity contribution in [2.75, 3.05) is 43.6 Å². The van der Waals surface area contributed by atoms with Crippen molar-refractivity contribution in [1.82, 2.24) is 19.5 Å². The Bertz CT molecular complexity index is 1290. The summed E-state index contributed by atoms with van der Waals surface area (Å²) in [6.07, 6.45) is 5.29. The number of morpholine rings is 1. The number of thiazole rings is 1. The Kier molecular flexibility index (Phi) is 5.93. The number of amides is 1. The van der Waals surface area contributed by atoms with Crippen LogP contribution in [0.5, 0.6) is 5.75 Å². The Morgan fingerprint density at radius 1 is 1.21 bits per heavy atom. The van der Waals surface area contributed by atoms with Crippen LogP contribution < -0.4 is 15.0 Å². The third-order valence-corrected chi connectivity index (χ3v) is 6.61. The molecule has 0 aliphatic carbocycles. The van der Waals surface area contributed by atoms with Crippen LogP contribution in [0.3, 0.4) is 0 Å². The molecule has 0 atom stereocenters. The number of fused-ring (bicyclic) bond motifs is 1. The minimum atomic E-state index is -0.230. The highest BCUT2D eigenvalue weighted by molar-refractivity contribution is 7.23. The molecule has 0 saturated carbocycles. The van der Waals surface area contributed by atoms with Crippen molar-refractivity contribution in [1.29, 1.82) is 0 Å². The van der Waals surface area contributed by atoms with E-state index in [0.29, 0.717) is 36.2 Å². The molecule has 0 spiro atoms. The Balaban J connectivity index is 1.40. The summed E-state index contributed by atoms with van der Waals surface area (Å²) in [7, 11) is 1.63. The van der Waals surface area contributed by atoms with Gasteiger partial charge in [-0.2, -0.15) is 0 Å². The second-order valence-electron chi connectivity index (χ2n) is 7.68. The van der Waals surface area contributed by atoms with Gasteiger partial charge in [0.15, 0.2) is 5.13 Å². The van der Waals surface area contributed by atoms with Gasteiger partial charge in [-0.1, -0.05) is 11.3 Å². The molecule has 1 aliphatic rings. The van der Waals surface area contributed by atoms with Crippen molar-refractivity contribution >= 4 is 38.3 Å². The minimum absolute atomic E-state index is 0.230. The van der Waals surface area contributed by atoms with E-state index in [1.807, 2.05) is 29.8 Å². The summed E-state index contributed by atoms with van der Waals surface area (Å²) in [6.45, 7) is 5.50. The van der Waals surface area contributed by atoms with Crippen LogP contribution in [-0.4, -0.2) is 58.8 Å². The van der Waals surface area contributed by atoms with E-state index in [1.165, 1.54) is 11.3 Å². The fraction of sp³-hybridized carbons (Fsp3) is 0.304. The summed E-state index contributed by atoms with van der Waals surface area (Å²) in [5, 5.41) is 3.48. The number of aryl methyl sites for hydroxylation is 1. The molecule has 0 bridgehead atoms. The Hall–Kier alpha value is -3.50. The lowest BCUT2D eigenvalue weighted by Crippen LogP contribution is -2.36. The van der Waals surface area contributed by atoms with Gasteiger partial charge in [0.2, 0.25) is 0 Å². The second-order valence-corrected chi connectivity index (χ2v) is 8.67. The van der Waals surface area contributed by atoms with Crippen molar-refractivity contribution in [3.8, 4) is 5.75 Å². The first-order valence-corrected chi connectivity index (χ1v) is 11.5. The number of carbonyl (C=O) groups is 1. The van der Waals surface area contributed by atoms with Crippen LogP contribution in [0.1, 0.15) is 21.9 Å². The zero-order chi connectivity index (χ0) is 22.8. The fourth-order valence-corrected chi connectivity index (χ4v) is 4.88. The Morgan fingerprint density at radius 3 is 2.82 bits per heavy atom. The van der Waals surface area contributed by atoms with Crippen LogP contribution in [0.15, 0.2) is 42.9 Å². The lowest BCUT2D eigenvalue weighted by Gasteiger charge is -2.29. The number of pyridine rings is 1. The summed E-state index contributed by atoms with van der Waals surface area (Å²) in [5.74, 6) is 1.35. The number of rotatable bonds is 6. The minimum Gasteiger partial charge on any atom is -0.494 e. The summed E-state index contributed by atoms with van der Waals surface area (Å²) in [6, 6.07) is 7.46. The maximum Gasteiger partial charge on any atom is 0.257 e. The van der Waals surface area contributed by atoms with E-state index in [-0.39, 0.29) is 5.91 Å². The highest BCUT2D eigenvalue weighted by Crippen LogP contribution is 2.39. The van der Waals surface area contributed by atoms with Crippen LogP contribution in [0, 0.1) is 6.92 Å². The zero-order valence-corrected chi connectivity index (χ0v) is 19.3. The van der Waals surface area contributed by atoms with Gasteiger partial charge >= 0.3 is 0 Å². The van der Waals surface area contributed by atoms with Crippen LogP contribution in [0.4, 0.5) is 10.8 Å². The van der Waals surface area contributed by atoms with E-state index in [2.05, 4.69) is 25.2 Å². The van der Waals surface area contributed by atoms with Gasteiger partial charge in [-0.05, 0) is 31.2 Å². The number of methoxy groups -OCH3 is 1. The number of carbonyl (C=O) groups excluding carboxylic acids is 1. The summed E-state index contributed by atoms with van der Waals surface area (Å²) in [4.78, 5) is 28.6. The molecular weight excluding hydrogens is 440 g/mol. The first kappa shape index (κ1) is 21.4. The molecule has 5 rings (SSSR count). The fourth-order valence-electron chi connectivity index (χ4n) is 3.86.